The molecule has 0 spiro atoms. The SMILES string of the molecule is CN=C(NCc1cc(OC)c(OC)cc1Br)NCc1sc(C)nc1C. The van der Waals surface area contributed by atoms with Gasteiger partial charge >= 0.3 is 0 Å². The van der Waals surface area contributed by atoms with Gasteiger partial charge < -0.3 is 20.1 Å². The van der Waals surface area contributed by atoms with Crippen molar-refractivity contribution in [3.8, 4) is 11.5 Å². The molecule has 2 rings (SSSR count). The number of guanidine groups is 1. The Balaban J connectivity index is 2.00. The van der Waals surface area contributed by atoms with Crippen LogP contribution >= 0.6 is 27.3 Å². The molecule has 0 atom stereocenters. The van der Waals surface area contributed by atoms with E-state index in [1.165, 1.54) is 4.88 Å². The third-order valence-electron chi connectivity index (χ3n) is 3.64. The molecule has 0 saturated heterocycles. The smallest absolute Gasteiger partial charge is 0.191 e. The number of aromatic nitrogens is 1. The lowest BCUT2D eigenvalue weighted by Gasteiger charge is -2.15. The van der Waals surface area contributed by atoms with Crippen LogP contribution in [0, 0.1) is 13.8 Å². The van der Waals surface area contributed by atoms with Gasteiger partial charge in [0.2, 0.25) is 0 Å². The van der Waals surface area contributed by atoms with E-state index in [0.717, 1.165) is 26.7 Å². The van der Waals surface area contributed by atoms with Crippen molar-refractivity contribution in [3.05, 3.63) is 37.7 Å². The van der Waals surface area contributed by atoms with Crippen LogP contribution in [-0.4, -0.2) is 32.2 Å². The third kappa shape index (κ3) is 5.09. The first kappa shape index (κ1) is 19.5. The number of halogens is 1. The Morgan fingerprint density at radius 2 is 1.80 bits per heavy atom. The topological polar surface area (TPSA) is 67.8 Å². The Labute approximate surface area is 160 Å². The number of nitrogens with zero attached hydrogens (tertiary/aromatic N) is 2. The normalized spacial score (nSPS) is 11.4. The summed E-state index contributed by atoms with van der Waals surface area (Å²) in [6.07, 6.45) is 0. The summed E-state index contributed by atoms with van der Waals surface area (Å²) in [7, 11) is 5.00. The van der Waals surface area contributed by atoms with Gasteiger partial charge in [-0.3, -0.25) is 4.99 Å². The number of rotatable bonds is 6. The highest BCUT2D eigenvalue weighted by molar-refractivity contribution is 9.10. The fourth-order valence-electron chi connectivity index (χ4n) is 2.33. The Morgan fingerprint density at radius 1 is 1.16 bits per heavy atom. The lowest BCUT2D eigenvalue weighted by Crippen LogP contribution is -2.36. The highest BCUT2D eigenvalue weighted by atomic mass is 79.9. The van der Waals surface area contributed by atoms with Crippen molar-refractivity contribution in [3.63, 3.8) is 0 Å². The van der Waals surface area contributed by atoms with Gasteiger partial charge in [-0.25, -0.2) is 4.98 Å². The van der Waals surface area contributed by atoms with Crippen molar-refractivity contribution in [2.24, 2.45) is 4.99 Å². The molecule has 0 saturated carbocycles. The van der Waals surface area contributed by atoms with Crippen LogP contribution < -0.4 is 20.1 Å². The minimum Gasteiger partial charge on any atom is -0.493 e. The number of hydrogen-bond acceptors (Lipinski definition) is 5. The highest BCUT2D eigenvalue weighted by Gasteiger charge is 2.11. The maximum absolute atomic E-state index is 5.36. The number of aliphatic imine (C=N–C) groups is 1. The average molecular weight is 427 g/mol. The first-order chi connectivity index (χ1) is 12.0. The molecule has 0 bridgehead atoms. The molecule has 0 radical (unpaired) electrons. The molecule has 0 fully saturated rings. The van der Waals surface area contributed by atoms with Crippen LogP contribution in [0.1, 0.15) is 21.1 Å². The summed E-state index contributed by atoms with van der Waals surface area (Å²) in [5.41, 5.74) is 2.11. The maximum atomic E-state index is 5.36. The molecule has 2 aromatic rings. The predicted molar refractivity (Wildman–Crippen MR) is 106 cm³/mol. The largest absolute Gasteiger partial charge is 0.493 e. The van der Waals surface area contributed by atoms with Crippen LogP contribution in [0.2, 0.25) is 0 Å². The molecular formula is C17H23BrN4O2S. The Kier molecular flexibility index (Phi) is 7.07. The zero-order chi connectivity index (χ0) is 18.4. The summed E-state index contributed by atoms with van der Waals surface area (Å²) in [6, 6.07) is 3.84. The predicted octanol–water partition coefficient (Wildman–Crippen LogP) is 3.40. The summed E-state index contributed by atoms with van der Waals surface area (Å²) in [4.78, 5) is 9.93. The quantitative estimate of drug-likeness (QED) is 0.547. The molecule has 0 amide bonds. The van der Waals surface area contributed by atoms with Gasteiger partial charge in [-0.2, -0.15) is 0 Å². The molecule has 8 heteroatoms. The average Bonchev–Trinajstić information content (AvgIpc) is 2.93. The zero-order valence-electron chi connectivity index (χ0n) is 15.1. The van der Waals surface area contributed by atoms with Crippen molar-refractivity contribution in [2.75, 3.05) is 21.3 Å². The van der Waals surface area contributed by atoms with Crippen molar-refractivity contribution >= 4 is 33.2 Å². The van der Waals surface area contributed by atoms with Crippen molar-refractivity contribution in [2.45, 2.75) is 26.9 Å². The number of thiazole rings is 1. The van der Waals surface area contributed by atoms with E-state index >= 15 is 0 Å². The van der Waals surface area contributed by atoms with E-state index in [1.807, 2.05) is 26.0 Å². The van der Waals surface area contributed by atoms with Gasteiger partial charge in [0.05, 0.1) is 31.5 Å². The third-order valence-corrected chi connectivity index (χ3v) is 5.45. The molecule has 0 aliphatic rings. The molecule has 0 aliphatic heterocycles. The van der Waals surface area contributed by atoms with Gasteiger partial charge in [0, 0.05) is 22.9 Å². The van der Waals surface area contributed by atoms with Crippen molar-refractivity contribution in [1.82, 2.24) is 15.6 Å². The summed E-state index contributed by atoms with van der Waals surface area (Å²) in [5.74, 6) is 2.12. The second-order valence-electron chi connectivity index (χ2n) is 5.32. The van der Waals surface area contributed by atoms with Crippen molar-refractivity contribution in [1.29, 1.82) is 0 Å². The van der Waals surface area contributed by atoms with E-state index in [1.54, 1.807) is 32.6 Å². The van der Waals surface area contributed by atoms with Crippen molar-refractivity contribution < 1.29 is 9.47 Å². The molecular weight excluding hydrogens is 404 g/mol. The van der Waals surface area contributed by atoms with E-state index < -0.39 is 0 Å². The monoisotopic (exact) mass is 426 g/mol. The zero-order valence-corrected chi connectivity index (χ0v) is 17.5. The molecule has 1 heterocycles. The van der Waals surface area contributed by atoms with Crippen LogP contribution in [0.25, 0.3) is 0 Å². The fourth-order valence-corrected chi connectivity index (χ4v) is 3.67. The number of methoxy groups -OCH3 is 2. The van der Waals surface area contributed by atoms with Gasteiger partial charge in [-0.15, -0.1) is 11.3 Å². The molecule has 2 N–H and O–H groups in total. The first-order valence-corrected chi connectivity index (χ1v) is 9.37. The Hall–Kier alpha value is -1.80. The number of benzene rings is 1. The maximum Gasteiger partial charge on any atom is 0.191 e. The first-order valence-electron chi connectivity index (χ1n) is 7.76. The summed E-state index contributed by atoms with van der Waals surface area (Å²) in [6.45, 7) is 5.34. The molecule has 1 aromatic carbocycles. The van der Waals surface area contributed by atoms with E-state index in [-0.39, 0.29) is 0 Å². The summed E-state index contributed by atoms with van der Waals surface area (Å²) >= 11 is 5.27. The molecule has 6 nitrogen and oxygen atoms in total. The minimum absolute atomic E-state index is 0.599. The van der Waals surface area contributed by atoms with Crippen LogP contribution in [0.3, 0.4) is 0 Å². The Morgan fingerprint density at radius 3 is 2.36 bits per heavy atom. The molecule has 0 unspecified atom stereocenters. The number of aryl methyl sites for hydroxylation is 2. The molecule has 0 aliphatic carbocycles. The summed E-state index contributed by atoms with van der Waals surface area (Å²) in [5, 5.41) is 7.70. The lowest BCUT2D eigenvalue weighted by molar-refractivity contribution is 0.354. The van der Waals surface area contributed by atoms with E-state index in [2.05, 4.69) is 36.5 Å². The molecule has 136 valence electrons. The number of hydrogen-bond donors (Lipinski definition) is 2. The van der Waals surface area contributed by atoms with Gasteiger partial charge in [0.25, 0.3) is 0 Å². The molecule has 25 heavy (non-hydrogen) atoms. The van der Waals surface area contributed by atoms with Gasteiger partial charge in [-0.05, 0) is 31.5 Å². The minimum atomic E-state index is 0.599. The highest BCUT2D eigenvalue weighted by Crippen LogP contribution is 2.33. The van der Waals surface area contributed by atoms with Gasteiger partial charge in [-0.1, -0.05) is 15.9 Å². The fraction of sp³-hybridized carbons (Fsp3) is 0.412. The summed E-state index contributed by atoms with van der Waals surface area (Å²) < 4.78 is 11.6. The van der Waals surface area contributed by atoms with E-state index in [0.29, 0.717) is 24.6 Å². The van der Waals surface area contributed by atoms with E-state index in [9.17, 15) is 0 Å². The Bertz CT molecular complexity index is 761. The van der Waals surface area contributed by atoms with Crippen LogP contribution in [-0.2, 0) is 13.1 Å². The number of nitrogens with one attached hydrogen (secondary N) is 2. The van der Waals surface area contributed by atoms with Gasteiger partial charge in [0.15, 0.2) is 17.5 Å². The lowest BCUT2D eigenvalue weighted by atomic mass is 10.2. The van der Waals surface area contributed by atoms with E-state index in [4.69, 9.17) is 9.47 Å². The second-order valence-corrected chi connectivity index (χ2v) is 7.46. The standard InChI is InChI=1S/C17H23BrN4O2S/c1-10-16(25-11(2)22-10)9-21-17(19-3)20-8-12-6-14(23-4)15(24-5)7-13(12)18/h6-7H,8-9H2,1-5H3,(H2,19,20,21). The van der Waals surface area contributed by atoms with Gasteiger partial charge in [0.1, 0.15) is 0 Å². The second kappa shape index (κ2) is 9.05. The molecule has 1 aromatic heterocycles. The van der Waals surface area contributed by atoms with Crippen LogP contribution in [0.5, 0.6) is 11.5 Å². The number of ether oxygens (including phenoxy) is 2. The van der Waals surface area contributed by atoms with Crippen LogP contribution in [0.15, 0.2) is 21.6 Å². The van der Waals surface area contributed by atoms with Crippen LogP contribution in [0.4, 0.5) is 0 Å².